The van der Waals surface area contributed by atoms with Crippen LogP contribution in [0.25, 0.3) is 0 Å². The van der Waals surface area contributed by atoms with Crippen LogP contribution < -0.4 is 34.7 Å². The Morgan fingerprint density at radius 2 is 1.90 bits per heavy atom. The van der Waals surface area contributed by atoms with Gasteiger partial charge in [0.15, 0.2) is 0 Å². The number of morpholine rings is 1. The van der Waals surface area contributed by atoms with Gasteiger partial charge in [-0.3, -0.25) is 0 Å². The van der Waals surface area contributed by atoms with Gasteiger partial charge in [0.25, 0.3) is 0 Å². The summed E-state index contributed by atoms with van der Waals surface area (Å²) in [6, 6.07) is 0. The quantitative estimate of drug-likeness (QED) is 0.360. The van der Waals surface area contributed by atoms with Crippen LogP contribution in [0.1, 0.15) is 6.92 Å². The SMILES string of the molecule is CC([O-])N1CCOCC1.[Na+]. The zero-order valence-electron chi connectivity index (χ0n) is 6.67. The topological polar surface area (TPSA) is 35.5 Å². The summed E-state index contributed by atoms with van der Waals surface area (Å²) in [5.41, 5.74) is 0. The Kier molecular flexibility index (Phi) is 6.01. The van der Waals surface area contributed by atoms with Crippen molar-refractivity contribution in [2.75, 3.05) is 26.3 Å². The molecule has 1 aliphatic rings. The van der Waals surface area contributed by atoms with E-state index in [1.54, 1.807) is 6.92 Å². The molecule has 1 saturated heterocycles. The zero-order chi connectivity index (χ0) is 6.69. The van der Waals surface area contributed by atoms with E-state index in [0.29, 0.717) is 13.2 Å². The van der Waals surface area contributed by atoms with Crippen molar-refractivity contribution in [1.29, 1.82) is 0 Å². The van der Waals surface area contributed by atoms with Gasteiger partial charge in [0.1, 0.15) is 0 Å². The molecule has 0 aromatic heterocycles. The van der Waals surface area contributed by atoms with E-state index in [9.17, 15) is 5.11 Å². The molecule has 1 unspecified atom stereocenters. The summed E-state index contributed by atoms with van der Waals surface area (Å²) in [5, 5.41) is 10.8. The number of hydrogen-bond acceptors (Lipinski definition) is 3. The van der Waals surface area contributed by atoms with Crippen LogP contribution in [-0.4, -0.2) is 37.4 Å². The standard InChI is InChI=1S/C6H12NO2.Na/c1-6(8)7-2-4-9-5-3-7;/h6H,2-5H2,1H3;/q-1;+1. The average Bonchev–Trinajstić information content (AvgIpc) is 1.90. The van der Waals surface area contributed by atoms with Crippen LogP contribution in [0, 0.1) is 0 Å². The Bertz CT molecular complexity index is 83.8. The molecule has 1 atom stereocenters. The minimum absolute atomic E-state index is 0. The van der Waals surface area contributed by atoms with Gasteiger partial charge in [0, 0.05) is 13.1 Å². The normalized spacial score (nSPS) is 23.4. The molecule has 4 heteroatoms. The summed E-state index contributed by atoms with van der Waals surface area (Å²) in [6.45, 7) is 4.69. The molecule has 0 aromatic carbocycles. The van der Waals surface area contributed by atoms with Gasteiger partial charge in [-0.1, -0.05) is 13.2 Å². The molecule has 1 aliphatic heterocycles. The molecule has 3 nitrogen and oxygen atoms in total. The van der Waals surface area contributed by atoms with Crippen molar-refractivity contribution in [2.45, 2.75) is 13.2 Å². The van der Waals surface area contributed by atoms with E-state index in [0.717, 1.165) is 13.1 Å². The van der Waals surface area contributed by atoms with Crippen LogP contribution in [0.2, 0.25) is 0 Å². The zero-order valence-corrected chi connectivity index (χ0v) is 8.67. The third-order valence-corrected chi connectivity index (χ3v) is 1.56. The second kappa shape index (κ2) is 5.52. The van der Waals surface area contributed by atoms with E-state index >= 15 is 0 Å². The Morgan fingerprint density at radius 1 is 1.40 bits per heavy atom. The van der Waals surface area contributed by atoms with E-state index < -0.39 is 6.23 Å². The maximum Gasteiger partial charge on any atom is 1.00 e. The van der Waals surface area contributed by atoms with Crippen LogP contribution in [-0.2, 0) is 4.74 Å². The molecule has 0 amide bonds. The van der Waals surface area contributed by atoms with Gasteiger partial charge >= 0.3 is 29.6 Å². The van der Waals surface area contributed by atoms with Crippen molar-refractivity contribution in [3.8, 4) is 0 Å². The summed E-state index contributed by atoms with van der Waals surface area (Å²) < 4.78 is 5.07. The molecule has 0 aliphatic carbocycles. The third kappa shape index (κ3) is 3.32. The summed E-state index contributed by atoms with van der Waals surface area (Å²) in [6.07, 6.45) is -0.561. The van der Waals surface area contributed by atoms with Gasteiger partial charge in [-0.05, 0) is 0 Å². The van der Waals surface area contributed by atoms with Crippen LogP contribution in [0.3, 0.4) is 0 Å². The van der Waals surface area contributed by atoms with Gasteiger partial charge < -0.3 is 14.7 Å². The Hall–Kier alpha value is 0.880. The first-order valence-electron chi connectivity index (χ1n) is 3.28. The Morgan fingerprint density at radius 3 is 2.20 bits per heavy atom. The summed E-state index contributed by atoms with van der Waals surface area (Å²) >= 11 is 0. The molecular formula is C6H12NNaO2. The monoisotopic (exact) mass is 153 g/mol. The van der Waals surface area contributed by atoms with Crippen molar-refractivity contribution in [3.63, 3.8) is 0 Å². The molecule has 0 aromatic rings. The van der Waals surface area contributed by atoms with Gasteiger partial charge in [-0.2, -0.15) is 0 Å². The van der Waals surface area contributed by atoms with Crippen molar-refractivity contribution >= 4 is 0 Å². The van der Waals surface area contributed by atoms with Gasteiger partial charge in [-0.25, -0.2) is 0 Å². The van der Waals surface area contributed by atoms with Crippen LogP contribution in [0.15, 0.2) is 0 Å². The van der Waals surface area contributed by atoms with Crippen molar-refractivity contribution in [2.24, 2.45) is 0 Å². The van der Waals surface area contributed by atoms with Crippen LogP contribution in [0.5, 0.6) is 0 Å². The van der Waals surface area contributed by atoms with E-state index in [2.05, 4.69) is 0 Å². The first-order valence-corrected chi connectivity index (χ1v) is 3.28. The molecule has 0 bridgehead atoms. The van der Waals surface area contributed by atoms with Crippen LogP contribution in [0.4, 0.5) is 0 Å². The number of rotatable bonds is 1. The van der Waals surface area contributed by atoms with Crippen molar-refractivity contribution in [3.05, 3.63) is 0 Å². The van der Waals surface area contributed by atoms with Gasteiger partial charge in [-0.15, -0.1) is 0 Å². The summed E-state index contributed by atoms with van der Waals surface area (Å²) in [4.78, 5) is 1.88. The predicted molar refractivity (Wildman–Crippen MR) is 31.9 cm³/mol. The van der Waals surface area contributed by atoms with Crippen LogP contribution >= 0.6 is 0 Å². The number of nitrogens with zero attached hydrogens (tertiary/aromatic N) is 1. The molecule has 1 fully saturated rings. The summed E-state index contributed by atoms with van der Waals surface area (Å²) in [5.74, 6) is 0. The number of hydrogen-bond donors (Lipinski definition) is 0. The maximum atomic E-state index is 10.8. The average molecular weight is 153 g/mol. The maximum absolute atomic E-state index is 10.8. The largest absolute Gasteiger partial charge is 1.00 e. The molecule has 54 valence electrons. The fraction of sp³-hybridized carbons (Fsp3) is 1.00. The first-order chi connectivity index (χ1) is 4.30. The van der Waals surface area contributed by atoms with E-state index in [1.165, 1.54) is 0 Å². The summed E-state index contributed by atoms with van der Waals surface area (Å²) in [7, 11) is 0. The fourth-order valence-corrected chi connectivity index (χ4v) is 0.941. The van der Waals surface area contributed by atoms with E-state index in [-0.39, 0.29) is 29.6 Å². The molecule has 10 heavy (non-hydrogen) atoms. The van der Waals surface area contributed by atoms with E-state index in [4.69, 9.17) is 4.74 Å². The number of ether oxygens (including phenoxy) is 1. The molecule has 1 rings (SSSR count). The Balaban J connectivity index is 0.000000810. The van der Waals surface area contributed by atoms with Gasteiger partial charge in [0.2, 0.25) is 0 Å². The fourth-order valence-electron chi connectivity index (χ4n) is 0.941. The molecule has 0 radical (unpaired) electrons. The first kappa shape index (κ1) is 10.9. The molecule has 0 N–H and O–H groups in total. The second-order valence-electron chi connectivity index (χ2n) is 2.25. The molecule has 0 spiro atoms. The van der Waals surface area contributed by atoms with Crippen molar-refractivity contribution < 1.29 is 39.4 Å². The minimum atomic E-state index is -0.561. The van der Waals surface area contributed by atoms with E-state index in [1.807, 2.05) is 4.90 Å². The molecule has 1 heterocycles. The van der Waals surface area contributed by atoms with Crippen molar-refractivity contribution in [1.82, 2.24) is 4.90 Å². The smallest absolute Gasteiger partial charge is 0.841 e. The molecular weight excluding hydrogens is 141 g/mol. The second-order valence-corrected chi connectivity index (χ2v) is 2.25. The molecule has 0 saturated carbocycles. The minimum Gasteiger partial charge on any atom is -0.841 e. The Labute approximate surface area is 83.6 Å². The van der Waals surface area contributed by atoms with Gasteiger partial charge in [0.05, 0.1) is 13.2 Å². The third-order valence-electron chi connectivity index (χ3n) is 1.56. The predicted octanol–water partition coefficient (Wildman–Crippen LogP) is -3.97.